The van der Waals surface area contributed by atoms with Crippen molar-refractivity contribution in [2.24, 2.45) is 10.2 Å². The molecule has 54 heavy (non-hydrogen) atoms. The standard InChI is InChI=1S/C42H42N2O10/c1-4-40(45)50-26-10-8-7-9-25-49-35-22-16-34(17-23-35)42(47)53-37-18-11-31(12-19-37)28-43-44-29-33-15-24-38(39(27-33)48-6-3)54-51-30-32-13-20-36(21-14-32)52-41(46)5-2/h4-5,11-24,27-29H,1-2,6-10,25-26,30H2,3H3/b43-28+,44-29+. The van der Waals surface area contributed by atoms with E-state index in [2.05, 4.69) is 23.4 Å². The van der Waals surface area contributed by atoms with Gasteiger partial charge in [-0.2, -0.15) is 15.1 Å². The molecular formula is C42H42N2O10. The Morgan fingerprint density at radius 1 is 0.630 bits per heavy atom. The molecule has 0 unspecified atom stereocenters. The average Bonchev–Trinajstić information content (AvgIpc) is 3.19. The van der Waals surface area contributed by atoms with Crippen LogP contribution in [0, 0.1) is 0 Å². The van der Waals surface area contributed by atoms with Crippen molar-refractivity contribution >= 4 is 30.3 Å². The minimum Gasteiger partial charge on any atom is -0.494 e. The van der Waals surface area contributed by atoms with Crippen LogP contribution in [0.5, 0.6) is 28.7 Å². The zero-order valence-corrected chi connectivity index (χ0v) is 30.0. The maximum Gasteiger partial charge on any atom is 0.343 e. The minimum atomic E-state index is -0.534. The van der Waals surface area contributed by atoms with Crippen LogP contribution >= 0.6 is 0 Å². The zero-order chi connectivity index (χ0) is 38.4. The topological polar surface area (TPSA) is 141 Å². The van der Waals surface area contributed by atoms with Crippen molar-refractivity contribution in [3.8, 4) is 28.7 Å². The lowest BCUT2D eigenvalue weighted by atomic mass is 10.2. The molecule has 280 valence electrons. The molecule has 0 aliphatic heterocycles. The predicted molar refractivity (Wildman–Crippen MR) is 203 cm³/mol. The first-order valence-electron chi connectivity index (χ1n) is 17.3. The smallest absolute Gasteiger partial charge is 0.343 e. The molecule has 0 N–H and O–H groups in total. The van der Waals surface area contributed by atoms with E-state index in [1.807, 2.05) is 6.92 Å². The largest absolute Gasteiger partial charge is 0.494 e. The number of hydrogen-bond donors (Lipinski definition) is 0. The van der Waals surface area contributed by atoms with Gasteiger partial charge in [0.15, 0.2) is 5.75 Å². The van der Waals surface area contributed by atoms with E-state index in [1.165, 1.54) is 0 Å². The van der Waals surface area contributed by atoms with Crippen LogP contribution < -0.4 is 23.8 Å². The summed E-state index contributed by atoms with van der Waals surface area (Å²) in [6, 6.07) is 25.7. The van der Waals surface area contributed by atoms with E-state index in [1.54, 1.807) is 103 Å². The molecule has 0 fully saturated rings. The van der Waals surface area contributed by atoms with Crippen molar-refractivity contribution in [2.75, 3.05) is 19.8 Å². The first-order chi connectivity index (χ1) is 26.4. The van der Waals surface area contributed by atoms with Gasteiger partial charge in [0.05, 0.1) is 37.8 Å². The molecule has 12 heteroatoms. The Kier molecular flexibility index (Phi) is 16.7. The monoisotopic (exact) mass is 734 g/mol. The third kappa shape index (κ3) is 14.2. The number of hydrogen-bond acceptors (Lipinski definition) is 12. The van der Waals surface area contributed by atoms with Crippen molar-refractivity contribution in [3.05, 3.63) is 139 Å². The highest BCUT2D eigenvalue weighted by Crippen LogP contribution is 2.29. The van der Waals surface area contributed by atoms with Gasteiger partial charge in [-0.3, -0.25) is 0 Å². The van der Waals surface area contributed by atoms with Gasteiger partial charge >= 0.3 is 17.9 Å². The number of rotatable bonds is 22. The minimum absolute atomic E-state index is 0.149. The summed E-state index contributed by atoms with van der Waals surface area (Å²) >= 11 is 0. The van der Waals surface area contributed by atoms with Gasteiger partial charge in [0.2, 0.25) is 5.75 Å². The van der Waals surface area contributed by atoms with Crippen LogP contribution in [0.1, 0.15) is 59.7 Å². The molecule has 4 aromatic rings. The van der Waals surface area contributed by atoms with E-state index in [0.29, 0.717) is 54.1 Å². The quantitative estimate of drug-likeness (QED) is 0.0148. The number of carbonyl (C=O) groups is 3. The fourth-order valence-corrected chi connectivity index (χ4v) is 4.57. The third-order valence-corrected chi connectivity index (χ3v) is 7.33. The molecule has 0 aromatic heterocycles. The Balaban J connectivity index is 1.18. The maximum absolute atomic E-state index is 12.7. The van der Waals surface area contributed by atoms with Crippen LogP contribution in [-0.4, -0.2) is 50.2 Å². The third-order valence-electron chi connectivity index (χ3n) is 7.33. The number of unbranched alkanes of at least 4 members (excludes halogenated alkanes) is 3. The van der Waals surface area contributed by atoms with Gasteiger partial charge in [-0.25, -0.2) is 14.4 Å². The molecule has 0 saturated carbocycles. The van der Waals surface area contributed by atoms with Crippen LogP contribution in [0.4, 0.5) is 0 Å². The maximum atomic E-state index is 12.7. The highest BCUT2D eigenvalue weighted by molar-refractivity contribution is 5.91. The second kappa shape index (κ2) is 22.4. The summed E-state index contributed by atoms with van der Waals surface area (Å²) in [5, 5.41) is 8.25. The Morgan fingerprint density at radius 2 is 1.24 bits per heavy atom. The van der Waals surface area contributed by atoms with Crippen LogP contribution in [0.15, 0.2) is 127 Å². The van der Waals surface area contributed by atoms with E-state index in [-0.39, 0.29) is 6.61 Å². The number of carbonyl (C=O) groups excluding carboxylic acids is 3. The normalized spacial score (nSPS) is 10.8. The van der Waals surface area contributed by atoms with Crippen LogP contribution in [0.2, 0.25) is 0 Å². The van der Waals surface area contributed by atoms with Gasteiger partial charge < -0.3 is 28.6 Å². The first-order valence-corrected chi connectivity index (χ1v) is 17.3. The van der Waals surface area contributed by atoms with Crippen LogP contribution in [-0.2, 0) is 25.8 Å². The summed E-state index contributed by atoms with van der Waals surface area (Å²) in [5.74, 6) is 0.886. The molecule has 4 rings (SSSR count). The summed E-state index contributed by atoms with van der Waals surface area (Å²) in [6.07, 6.45) is 8.94. The highest BCUT2D eigenvalue weighted by Gasteiger charge is 2.10. The lowest BCUT2D eigenvalue weighted by Gasteiger charge is -2.11. The summed E-state index contributed by atoms with van der Waals surface area (Å²) in [6.45, 7) is 10.1. The average molecular weight is 735 g/mol. The van der Waals surface area contributed by atoms with Gasteiger partial charge in [0.25, 0.3) is 0 Å². The fourth-order valence-electron chi connectivity index (χ4n) is 4.57. The second-order valence-corrected chi connectivity index (χ2v) is 11.4. The van der Waals surface area contributed by atoms with Crippen molar-refractivity contribution in [1.82, 2.24) is 0 Å². The lowest BCUT2D eigenvalue weighted by Crippen LogP contribution is -2.08. The molecule has 0 spiro atoms. The second-order valence-electron chi connectivity index (χ2n) is 11.4. The van der Waals surface area contributed by atoms with E-state index >= 15 is 0 Å². The number of ether oxygens (including phenoxy) is 5. The van der Waals surface area contributed by atoms with Gasteiger partial charge in [-0.1, -0.05) is 25.3 Å². The molecule has 0 aliphatic rings. The van der Waals surface area contributed by atoms with Gasteiger partial charge in [-0.05, 0) is 128 Å². The van der Waals surface area contributed by atoms with E-state index in [4.69, 9.17) is 33.5 Å². The van der Waals surface area contributed by atoms with Crippen molar-refractivity contribution in [3.63, 3.8) is 0 Å². The summed E-state index contributed by atoms with van der Waals surface area (Å²) in [4.78, 5) is 45.9. The zero-order valence-electron chi connectivity index (χ0n) is 30.0. The summed E-state index contributed by atoms with van der Waals surface area (Å²) in [5.41, 5.74) is 2.69. The number of nitrogens with zero attached hydrogens (tertiary/aromatic N) is 2. The molecular weight excluding hydrogens is 692 g/mol. The van der Waals surface area contributed by atoms with E-state index < -0.39 is 17.9 Å². The first kappa shape index (κ1) is 40.2. The molecule has 0 heterocycles. The highest BCUT2D eigenvalue weighted by atomic mass is 17.2. The SMILES string of the molecule is C=CC(=O)OCCCCCCOc1ccc(C(=O)Oc2ccc(/C=N/N=C/c3ccc(OOCc4ccc(OC(=O)C=C)cc4)c(OCC)c3)cc2)cc1. The lowest BCUT2D eigenvalue weighted by molar-refractivity contribution is -0.218. The van der Waals surface area contributed by atoms with E-state index in [0.717, 1.165) is 54.5 Å². The molecule has 0 atom stereocenters. The van der Waals surface area contributed by atoms with Crippen molar-refractivity contribution in [1.29, 1.82) is 0 Å². The van der Waals surface area contributed by atoms with Gasteiger partial charge in [-0.15, -0.1) is 0 Å². The molecule has 0 aliphatic carbocycles. The molecule has 0 amide bonds. The molecule has 0 saturated heterocycles. The summed E-state index contributed by atoms with van der Waals surface area (Å²) < 4.78 is 27.0. The summed E-state index contributed by atoms with van der Waals surface area (Å²) in [7, 11) is 0. The molecule has 0 radical (unpaired) electrons. The van der Waals surface area contributed by atoms with E-state index in [9.17, 15) is 14.4 Å². The van der Waals surface area contributed by atoms with Gasteiger partial charge in [0, 0.05) is 12.2 Å². The molecule has 4 aromatic carbocycles. The Labute approximate surface area is 314 Å². The van der Waals surface area contributed by atoms with Crippen LogP contribution in [0.3, 0.4) is 0 Å². The van der Waals surface area contributed by atoms with Crippen LogP contribution in [0.25, 0.3) is 0 Å². The Morgan fingerprint density at radius 3 is 1.93 bits per heavy atom. The van der Waals surface area contributed by atoms with Crippen molar-refractivity contribution in [2.45, 2.75) is 39.2 Å². The van der Waals surface area contributed by atoms with Crippen molar-refractivity contribution < 1.29 is 47.8 Å². The Bertz CT molecular complexity index is 1890. The molecule has 0 bridgehead atoms. The number of benzene rings is 4. The Hall–Kier alpha value is -6.53. The fraction of sp³-hybridized carbons (Fsp3) is 0.214. The number of esters is 3. The molecule has 12 nitrogen and oxygen atoms in total. The predicted octanol–water partition coefficient (Wildman–Crippen LogP) is 8.03. The van der Waals surface area contributed by atoms with Gasteiger partial charge in [0.1, 0.15) is 23.9 Å².